The molecule has 30 heavy (non-hydrogen) atoms. The third-order valence-corrected chi connectivity index (χ3v) is 6.03. The molecule has 2 aliphatic rings. The van der Waals surface area contributed by atoms with Crippen LogP contribution in [0.1, 0.15) is 23.6 Å². The van der Waals surface area contributed by atoms with Gasteiger partial charge < -0.3 is 15.0 Å². The summed E-state index contributed by atoms with van der Waals surface area (Å²) in [7, 11) is 1.62. The number of nitrogens with zero attached hydrogens (tertiary/aromatic N) is 5. The van der Waals surface area contributed by atoms with Crippen molar-refractivity contribution in [1.82, 2.24) is 24.4 Å². The monoisotopic (exact) mass is 404 g/mol. The average Bonchev–Trinajstić information content (AvgIpc) is 2.75. The van der Waals surface area contributed by atoms with Gasteiger partial charge in [0.2, 0.25) is 5.88 Å². The number of rotatable bonds is 4. The molecule has 2 N–H and O–H groups in total. The number of piperidine rings is 1. The van der Waals surface area contributed by atoms with E-state index in [2.05, 4.69) is 32.0 Å². The molecule has 0 aromatic carbocycles. The summed E-state index contributed by atoms with van der Waals surface area (Å²) >= 11 is 0. The highest BCUT2D eigenvalue weighted by Crippen LogP contribution is 2.37. The number of likely N-dealkylation sites (tertiary alicyclic amines) is 1. The molecule has 1 fully saturated rings. The highest BCUT2D eigenvalue weighted by molar-refractivity contribution is 5.61. The SMILES string of the molecule is COc1ccc(CN2C[C@@H]3C[C@H](C2)c2cc(-c4cc(N)ncn4)cc(=O)n2C3)cn1. The van der Waals surface area contributed by atoms with Crippen molar-refractivity contribution in [2.75, 3.05) is 25.9 Å². The van der Waals surface area contributed by atoms with E-state index in [-0.39, 0.29) is 5.56 Å². The van der Waals surface area contributed by atoms with Gasteiger partial charge in [0, 0.05) is 67.8 Å². The molecular weight excluding hydrogens is 380 g/mol. The van der Waals surface area contributed by atoms with E-state index in [1.54, 1.807) is 19.2 Å². The highest BCUT2D eigenvalue weighted by atomic mass is 16.5. The fourth-order valence-electron chi connectivity index (χ4n) is 4.75. The van der Waals surface area contributed by atoms with Crippen molar-refractivity contribution < 1.29 is 4.74 Å². The summed E-state index contributed by atoms with van der Waals surface area (Å²) in [6.07, 6.45) is 4.41. The molecule has 8 heteroatoms. The molecule has 1 saturated heterocycles. The quantitative estimate of drug-likeness (QED) is 0.709. The van der Waals surface area contributed by atoms with Crippen molar-refractivity contribution in [3.05, 3.63) is 64.5 Å². The average molecular weight is 404 g/mol. The van der Waals surface area contributed by atoms with Gasteiger partial charge in [-0.25, -0.2) is 15.0 Å². The minimum absolute atomic E-state index is 0.0298. The molecule has 5 heterocycles. The summed E-state index contributed by atoms with van der Waals surface area (Å²) < 4.78 is 7.09. The normalized spacial score (nSPS) is 20.6. The Balaban J connectivity index is 1.42. The topological polar surface area (TPSA) is 99.2 Å². The Hall–Kier alpha value is -3.26. The van der Waals surface area contributed by atoms with Crippen LogP contribution in [-0.2, 0) is 13.1 Å². The van der Waals surface area contributed by atoms with Crippen LogP contribution < -0.4 is 16.0 Å². The first-order chi connectivity index (χ1) is 14.6. The number of hydrogen-bond donors (Lipinski definition) is 1. The van der Waals surface area contributed by atoms with Crippen LogP contribution in [-0.4, -0.2) is 44.6 Å². The van der Waals surface area contributed by atoms with Gasteiger partial charge in [-0.05, 0) is 24.0 Å². The van der Waals surface area contributed by atoms with Crippen molar-refractivity contribution in [3.8, 4) is 17.1 Å². The van der Waals surface area contributed by atoms with Gasteiger partial charge >= 0.3 is 0 Å². The predicted octanol–water partition coefficient (Wildman–Crippen LogP) is 1.91. The second kappa shape index (κ2) is 7.53. The Morgan fingerprint density at radius 2 is 2.03 bits per heavy atom. The highest BCUT2D eigenvalue weighted by Gasteiger charge is 2.35. The maximum atomic E-state index is 12.9. The lowest BCUT2D eigenvalue weighted by Gasteiger charge is -2.43. The summed E-state index contributed by atoms with van der Waals surface area (Å²) in [6, 6.07) is 9.43. The molecule has 0 saturated carbocycles. The first kappa shape index (κ1) is 18.7. The maximum absolute atomic E-state index is 12.9. The summed E-state index contributed by atoms with van der Waals surface area (Å²) in [6.45, 7) is 3.50. The number of pyridine rings is 2. The standard InChI is InChI=1S/C22H24N6O2/c1-30-21-3-2-14(8-24-21)9-27-10-15-4-17(12-27)19-5-16(6-22(29)28(19)11-15)18-7-20(23)26-13-25-18/h2-3,5-8,13,15,17H,4,9-12H2,1H3,(H2,23,25,26)/t15-,17+/m0/s1. The lowest BCUT2D eigenvalue weighted by Crippen LogP contribution is -2.46. The van der Waals surface area contributed by atoms with Gasteiger partial charge in [-0.2, -0.15) is 0 Å². The van der Waals surface area contributed by atoms with Crippen molar-refractivity contribution in [1.29, 1.82) is 0 Å². The minimum atomic E-state index is 0.0298. The first-order valence-corrected chi connectivity index (χ1v) is 10.1. The van der Waals surface area contributed by atoms with Gasteiger partial charge in [-0.15, -0.1) is 0 Å². The van der Waals surface area contributed by atoms with Crippen molar-refractivity contribution in [3.63, 3.8) is 0 Å². The Morgan fingerprint density at radius 1 is 1.13 bits per heavy atom. The van der Waals surface area contributed by atoms with Crippen LogP contribution in [0.4, 0.5) is 5.82 Å². The molecule has 8 nitrogen and oxygen atoms in total. The Kier molecular flexibility index (Phi) is 4.71. The van der Waals surface area contributed by atoms with E-state index in [0.717, 1.165) is 43.9 Å². The second-order valence-electron chi connectivity index (χ2n) is 8.15. The van der Waals surface area contributed by atoms with E-state index in [1.165, 1.54) is 11.9 Å². The lowest BCUT2D eigenvalue weighted by atomic mass is 9.82. The fraction of sp³-hybridized carbons (Fsp3) is 0.364. The zero-order valence-corrected chi connectivity index (χ0v) is 16.9. The largest absolute Gasteiger partial charge is 0.481 e. The summed E-state index contributed by atoms with van der Waals surface area (Å²) in [5.41, 5.74) is 9.57. The maximum Gasteiger partial charge on any atom is 0.251 e. The van der Waals surface area contributed by atoms with Crippen LogP contribution in [0.2, 0.25) is 0 Å². The van der Waals surface area contributed by atoms with Crippen LogP contribution in [0.25, 0.3) is 11.3 Å². The van der Waals surface area contributed by atoms with Crippen molar-refractivity contribution in [2.45, 2.75) is 25.4 Å². The Bertz CT molecular complexity index is 1130. The molecule has 2 bridgehead atoms. The first-order valence-electron chi connectivity index (χ1n) is 10.1. The third-order valence-electron chi connectivity index (χ3n) is 6.03. The molecule has 3 aromatic rings. The smallest absolute Gasteiger partial charge is 0.251 e. The minimum Gasteiger partial charge on any atom is -0.481 e. The van der Waals surface area contributed by atoms with Crippen molar-refractivity contribution >= 4 is 5.82 Å². The van der Waals surface area contributed by atoms with Gasteiger partial charge in [0.15, 0.2) is 0 Å². The van der Waals surface area contributed by atoms with Crippen LogP contribution in [0.5, 0.6) is 5.88 Å². The van der Waals surface area contributed by atoms with Gasteiger partial charge in [0.25, 0.3) is 5.56 Å². The number of methoxy groups -OCH3 is 1. The molecule has 0 radical (unpaired) electrons. The van der Waals surface area contributed by atoms with E-state index < -0.39 is 0 Å². The van der Waals surface area contributed by atoms with Gasteiger partial charge in [0.05, 0.1) is 12.8 Å². The molecule has 0 amide bonds. The number of hydrogen-bond acceptors (Lipinski definition) is 7. The molecule has 154 valence electrons. The zero-order valence-electron chi connectivity index (χ0n) is 16.9. The number of anilines is 1. The Labute approximate surface area is 174 Å². The molecule has 5 rings (SSSR count). The molecule has 3 aromatic heterocycles. The second-order valence-corrected chi connectivity index (χ2v) is 8.15. The van der Waals surface area contributed by atoms with E-state index in [9.17, 15) is 4.79 Å². The predicted molar refractivity (Wildman–Crippen MR) is 113 cm³/mol. The number of ether oxygens (including phenoxy) is 1. The zero-order chi connectivity index (χ0) is 20.7. The molecule has 2 aliphatic heterocycles. The number of nitrogens with two attached hydrogens (primary N) is 1. The summed E-state index contributed by atoms with van der Waals surface area (Å²) in [5.74, 6) is 1.81. The Morgan fingerprint density at radius 3 is 2.80 bits per heavy atom. The van der Waals surface area contributed by atoms with Crippen LogP contribution in [0.15, 0.2) is 47.7 Å². The van der Waals surface area contributed by atoms with E-state index >= 15 is 0 Å². The number of nitrogen functional groups attached to an aromatic ring is 1. The molecule has 0 aliphatic carbocycles. The van der Waals surface area contributed by atoms with Crippen molar-refractivity contribution in [2.24, 2.45) is 5.92 Å². The van der Waals surface area contributed by atoms with Gasteiger partial charge in [-0.3, -0.25) is 9.69 Å². The van der Waals surface area contributed by atoms with Crippen LogP contribution in [0.3, 0.4) is 0 Å². The van der Waals surface area contributed by atoms with E-state index in [0.29, 0.717) is 29.2 Å². The number of fused-ring (bicyclic) bond motifs is 4. The molecule has 0 unspecified atom stereocenters. The van der Waals surface area contributed by atoms with Crippen LogP contribution in [0, 0.1) is 5.92 Å². The molecule has 2 atom stereocenters. The summed E-state index contributed by atoms with van der Waals surface area (Å²) in [5, 5.41) is 0. The van der Waals surface area contributed by atoms with Crippen LogP contribution >= 0.6 is 0 Å². The molecular formula is C22H24N6O2. The third kappa shape index (κ3) is 3.54. The molecule has 0 spiro atoms. The summed E-state index contributed by atoms with van der Waals surface area (Å²) in [4.78, 5) is 27.9. The lowest BCUT2D eigenvalue weighted by molar-refractivity contribution is 0.114. The van der Waals surface area contributed by atoms with E-state index in [1.807, 2.05) is 16.8 Å². The fourth-order valence-corrected chi connectivity index (χ4v) is 4.75. The number of aromatic nitrogens is 4. The van der Waals surface area contributed by atoms with E-state index in [4.69, 9.17) is 10.5 Å². The van der Waals surface area contributed by atoms with Gasteiger partial charge in [-0.1, -0.05) is 6.07 Å². The van der Waals surface area contributed by atoms with Gasteiger partial charge in [0.1, 0.15) is 12.1 Å².